The smallest absolute Gasteiger partial charge is 0.185 e. The lowest BCUT2D eigenvalue weighted by Crippen LogP contribution is -3.09. The number of aryl methyl sites for hydroxylation is 1. The zero-order chi connectivity index (χ0) is 13.8. The SMILES string of the molecule is Cc1ccc(-n2nnnc2/C=C/[NH+]2CCOCC2)cc1. The summed E-state index contributed by atoms with van der Waals surface area (Å²) >= 11 is 0. The van der Waals surface area contributed by atoms with Crippen LogP contribution in [-0.4, -0.2) is 46.5 Å². The van der Waals surface area contributed by atoms with Gasteiger partial charge in [0.2, 0.25) is 0 Å². The largest absolute Gasteiger partial charge is 0.370 e. The fourth-order valence-corrected chi connectivity index (χ4v) is 2.16. The molecule has 20 heavy (non-hydrogen) atoms. The van der Waals surface area contributed by atoms with E-state index >= 15 is 0 Å². The topological polar surface area (TPSA) is 57.3 Å². The van der Waals surface area contributed by atoms with Crippen molar-refractivity contribution in [3.05, 3.63) is 41.9 Å². The molecule has 6 nitrogen and oxygen atoms in total. The molecule has 0 amide bonds. The van der Waals surface area contributed by atoms with E-state index in [1.165, 1.54) is 10.5 Å². The van der Waals surface area contributed by atoms with Gasteiger partial charge in [0.1, 0.15) is 13.1 Å². The van der Waals surface area contributed by atoms with E-state index in [9.17, 15) is 0 Å². The van der Waals surface area contributed by atoms with Crippen molar-refractivity contribution in [2.45, 2.75) is 6.92 Å². The van der Waals surface area contributed by atoms with Crippen LogP contribution in [0.1, 0.15) is 11.4 Å². The van der Waals surface area contributed by atoms with Gasteiger partial charge >= 0.3 is 0 Å². The first-order valence-electron chi connectivity index (χ1n) is 6.79. The summed E-state index contributed by atoms with van der Waals surface area (Å²) in [6, 6.07) is 8.14. The molecule has 2 heterocycles. The molecule has 3 rings (SSSR count). The third-order valence-electron chi connectivity index (χ3n) is 3.38. The number of rotatable bonds is 3. The van der Waals surface area contributed by atoms with Gasteiger partial charge in [-0.05, 0) is 29.5 Å². The highest BCUT2D eigenvalue weighted by atomic mass is 16.5. The molecule has 104 valence electrons. The fourth-order valence-electron chi connectivity index (χ4n) is 2.16. The lowest BCUT2D eigenvalue weighted by molar-refractivity contribution is -0.855. The first-order chi connectivity index (χ1) is 9.83. The third-order valence-corrected chi connectivity index (χ3v) is 3.38. The second kappa shape index (κ2) is 5.94. The molecule has 0 saturated carbocycles. The van der Waals surface area contributed by atoms with E-state index in [1.54, 1.807) is 4.68 Å². The summed E-state index contributed by atoms with van der Waals surface area (Å²) in [4.78, 5) is 1.38. The van der Waals surface area contributed by atoms with E-state index in [0.717, 1.165) is 37.8 Å². The second-order valence-corrected chi connectivity index (χ2v) is 4.89. The molecule has 1 saturated heterocycles. The number of benzene rings is 1. The zero-order valence-corrected chi connectivity index (χ0v) is 11.5. The molecule has 0 radical (unpaired) electrons. The lowest BCUT2D eigenvalue weighted by atomic mass is 10.2. The maximum absolute atomic E-state index is 5.34. The van der Waals surface area contributed by atoms with Gasteiger partial charge in [0, 0.05) is 6.08 Å². The van der Waals surface area contributed by atoms with Crippen molar-refractivity contribution in [3.8, 4) is 5.69 Å². The van der Waals surface area contributed by atoms with Gasteiger partial charge in [0.15, 0.2) is 5.82 Å². The molecular formula is C14H18N5O+. The van der Waals surface area contributed by atoms with E-state index in [-0.39, 0.29) is 0 Å². The number of hydrogen-bond donors (Lipinski definition) is 1. The maximum atomic E-state index is 5.34. The number of morpholine rings is 1. The number of quaternary nitrogens is 1. The minimum atomic E-state index is 0.743. The number of aromatic nitrogens is 4. The highest BCUT2D eigenvalue weighted by Gasteiger charge is 2.11. The van der Waals surface area contributed by atoms with Crippen LogP contribution in [0.2, 0.25) is 0 Å². The van der Waals surface area contributed by atoms with Gasteiger partial charge in [-0.2, -0.15) is 4.68 Å². The second-order valence-electron chi connectivity index (χ2n) is 4.89. The first kappa shape index (κ1) is 13.0. The summed E-state index contributed by atoms with van der Waals surface area (Å²) in [6.07, 6.45) is 4.08. The molecular weight excluding hydrogens is 254 g/mol. The average molecular weight is 272 g/mol. The molecule has 0 atom stereocenters. The van der Waals surface area contributed by atoms with Crippen LogP contribution in [0.5, 0.6) is 0 Å². The molecule has 0 unspecified atom stereocenters. The van der Waals surface area contributed by atoms with Gasteiger partial charge in [-0.3, -0.25) is 0 Å². The van der Waals surface area contributed by atoms with Crippen LogP contribution in [0.25, 0.3) is 11.8 Å². The molecule has 1 aliphatic rings. The van der Waals surface area contributed by atoms with Crippen molar-refractivity contribution in [2.75, 3.05) is 26.3 Å². The molecule has 1 aromatic heterocycles. The van der Waals surface area contributed by atoms with Crippen LogP contribution in [0.3, 0.4) is 0 Å². The van der Waals surface area contributed by atoms with Gasteiger partial charge in [-0.15, -0.1) is 5.10 Å². The maximum Gasteiger partial charge on any atom is 0.185 e. The van der Waals surface area contributed by atoms with Gasteiger partial charge in [-0.1, -0.05) is 17.7 Å². The van der Waals surface area contributed by atoms with E-state index in [0.29, 0.717) is 0 Å². The minimum Gasteiger partial charge on any atom is -0.370 e. The molecule has 1 aliphatic heterocycles. The summed E-state index contributed by atoms with van der Waals surface area (Å²) in [7, 11) is 0. The quantitative estimate of drug-likeness (QED) is 0.845. The molecule has 1 N–H and O–H groups in total. The first-order valence-corrected chi connectivity index (χ1v) is 6.79. The van der Waals surface area contributed by atoms with Crippen molar-refractivity contribution in [3.63, 3.8) is 0 Å². The Kier molecular flexibility index (Phi) is 3.85. The molecule has 6 heteroatoms. The Morgan fingerprint density at radius 1 is 1.20 bits per heavy atom. The van der Waals surface area contributed by atoms with Crippen LogP contribution >= 0.6 is 0 Å². The molecule has 2 aromatic rings. The molecule has 0 bridgehead atoms. The van der Waals surface area contributed by atoms with Crippen molar-refractivity contribution >= 4 is 6.08 Å². The van der Waals surface area contributed by atoms with E-state index < -0.39 is 0 Å². The van der Waals surface area contributed by atoms with Crippen LogP contribution in [-0.2, 0) is 4.74 Å². The lowest BCUT2D eigenvalue weighted by Gasteiger charge is -2.19. The van der Waals surface area contributed by atoms with Crippen LogP contribution in [0.4, 0.5) is 0 Å². The Balaban J connectivity index is 1.79. The summed E-state index contributed by atoms with van der Waals surface area (Å²) in [5.74, 6) is 0.743. The van der Waals surface area contributed by atoms with Crippen molar-refractivity contribution < 1.29 is 9.64 Å². The average Bonchev–Trinajstić information content (AvgIpc) is 2.95. The Hall–Kier alpha value is -2.05. The summed E-state index contributed by atoms with van der Waals surface area (Å²) in [6.45, 7) is 5.66. The van der Waals surface area contributed by atoms with Crippen molar-refractivity contribution in [2.24, 2.45) is 0 Å². The molecule has 0 spiro atoms. The van der Waals surface area contributed by atoms with E-state index in [1.807, 2.05) is 18.2 Å². The summed E-state index contributed by atoms with van der Waals surface area (Å²) in [5, 5.41) is 11.9. The van der Waals surface area contributed by atoms with Gasteiger partial charge in [0.25, 0.3) is 0 Å². The molecule has 1 aromatic carbocycles. The van der Waals surface area contributed by atoms with Gasteiger partial charge in [-0.25, -0.2) is 0 Å². The van der Waals surface area contributed by atoms with Gasteiger partial charge in [0.05, 0.1) is 25.1 Å². The Labute approximate surface area is 117 Å². The normalized spacial score (nSPS) is 16.9. The number of ether oxygens (including phenoxy) is 1. The van der Waals surface area contributed by atoms with E-state index in [2.05, 4.69) is 40.8 Å². The Bertz CT molecular complexity index is 584. The number of nitrogens with zero attached hydrogens (tertiary/aromatic N) is 4. The molecule has 1 fully saturated rings. The third kappa shape index (κ3) is 2.92. The summed E-state index contributed by atoms with van der Waals surface area (Å²) in [5.41, 5.74) is 2.19. The number of nitrogens with one attached hydrogen (secondary N) is 1. The fraction of sp³-hybridized carbons (Fsp3) is 0.357. The highest BCUT2D eigenvalue weighted by molar-refractivity contribution is 5.43. The van der Waals surface area contributed by atoms with Crippen LogP contribution in [0.15, 0.2) is 30.5 Å². The molecule has 0 aliphatic carbocycles. The van der Waals surface area contributed by atoms with Crippen molar-refractivity contribution in [1.29, 1.82) is 0 Å². The number of tetrazole rings is 1. The predicted octanol–water partition coefficient (Wildman–Crippen LogP) is -0.143. The Morgan fingerprint density at radius 3 is 2.70 bits per heavy atom. The Morgan fingerprint density at radius 2 is 1.95 bits per heavy atom. The van der Waals surface area contributed by atoms with Crippen LogP contribution in [0, 0.1) is 6.92 Å². The minimum absolute atomic E-state index is 0.743. The van der Waals surface area contributed by atoms with Gasteiger partial charge < -0.3 is 9.64 Å². The monoisotopic (exact) mass is 272 g/mol. The summed E-state index contributed by atoms with van der Waals surface area (Å²) < 4.78 is 7.09. The van der Waals surface area contributed by atoms with E-state index in [4.69, 9.17) is 4.74 Å². The van der Waals surface area contributed by atoms with Crippen LogP contribution < -0.4 is 4.90 Å². The predicted molar refractivity (Wildman–Crippen MR) is 74.4 cm³/mol. The highest BCUT2D eigenvalue weighted by Crippen LogP contribution is 2.09. The number of hydrogen-bond acceptors (Lipinski definition) is 4. The van der Waals surface area contributed by atoms with Crippen molar-refractivity contribution in [1.82, 2.24) is 20.2 Å². The standard InChI is InChI=1S/C14H17N5O/c1-12-2-4-13(5-3-12)19-14(15-16-17-19)6-7-18-8-10-20-11-9-18/h2-7H,8-11H2,1H3/p+1/b7-6+. The zero-order valence-electron chi connectivity index (χ0n) is 11.5.